The number of carbonyl (C=O) groups excluding carboxylic acids is 1. The summed E-state index contributed by atoms with van der Waals surface area (Å²) < 4.78 is 38.4. The minimum atomic E-state index is -3.44. The molecule has 0 heterocycles. The smallest absolute Gasteiger partial charge is 0.232 e. The van der Waals surface area contributed by atoms with E-state index in [0.29, 0.717) is 17.8 Å². The molecule has 2 aromatic carbocycles. The lowest BCUT2D eigenvalue weighted by molar-refractivity contribution is -0.116. The van der Waals surface area contributed by atoms with Crippen molar-refractivity contribution in [3.05, 3.63) is 59.9 Å². The van der Waals surface area contributed by atoms with Gasteiger partial charge >= 0.3 is 0 Å². The molecule has 0 aliphatic rings. The first kappa shape index (κ1) is 18.9. The number of carbonyl (C=O) groups is 1. The van der Waals surface area contributed by atoms with E-state index in [4.69, 9.17) is 0 Å². The highest BCUT2D eigenvalue weighted by atomic mass is 32.2. The Morgan fingerprint density at radius 3 is 2.44 bits per heavy atom. The number of hydrogen-bond donors (Lipinski definition) is 1. The van der Waals surface area contributed by atoms with E-state index in [-0.39, 0.29) is 18.9 Å². The second-order valence-electron chi connectivity index (χ2n) is 5.83. The summed E-state index contributed by atoms with van der Waals surface area (Å²) in [5, 5.41) is 2.60. The summed E-state index contributed by atoms with van der Waals surface area (Å²) in [6, 6.07) is 12.8. The Bertz CT molecular complexity index is 836. The van der Waals surface area contributed by atoms with Crippen LogP contribution in [0.4, 0.5) is 15.8 Å². The molecule has 5 nitrogen and oxygen atoms in total. The first-order valence-electron chi connectivity index (χ1n) is 7.85. The number of aryl methyl sites for hydroxylation is 1. The molecule has 1 N–H and O–H groups in total. The molecule has 0 saturated carbocycles. The summed E-state index contributed by atoms with van der Waals surface area (Å²) in [5.74, 6) is -0.719. The highest BCUT2D eigenvalue weighted by Crippen LogP contribution is 2.19. The molecular weight excluding hydrogens is 343 g/mol. The maximum Gasteiger partial charge on any atom is 0.232 e. The predicted molar refractivity (Wildman–Crippen MR) is 97.6 cm³/mol. The van der Waals surface area contributed by atoms with Crippen LogP contribution in [0.25, 0.3) is 0 Å². The second kappa shape index (κ2) is 8.11. The van der Waals surface area contributed by atoms with Gasteiger partial charge in [-0.05, 0) is 43.7 Å². The van der Waals surface area contributed by atoms with Crippen LogP contribution in [0.1, 0.15) is 18.4 Å². The molecule has 0 spiro atoms. The lowest BCUT2D eigenvalue weighted by atomic mass is 10.2. The number of anilines is 2. The number of nitrogens with one attached hydrogen (secondary N) is 1. The topological polar surface area (TPSA) is 66.5 Å². The fraction of sp³-hybridized carbons (Fsp3) is 0.278. The summed E-state index contributed by atoms with van der Waals surface area (Å²) in [6.45, 7) is 2.11. The zero-order valence-electron chi connectivity index (χ0n) is 14.2. The molecule has 2 aromatic rings. The molecule has 0 aliphatic heterocycles. The summed E-state index contributed by atoms with van der Waals surface area (Å²) >= 11 is 0. The van der Waals surface area contributed by atoms with Gasteiger partial charge in [0.1, 0.15) is 5.82 Å². The number of nitrogens with zero attached hydrogens (tertiary/aromatic N) is 1. The molecule has 0 bridgehead atoms. The minimum absolute atomic E-state index is 0.133. The average Bonchev–Trinajstić information content (AvgIpc) is 2.51. The number of amides is 1. The van der Waals surface area contributed by atoms with E-state index in [0.717, 1.165) is 11.8 Å². The Balaban J connectivity index is 1.95. The highest BCUT2D eigenvalue weighted by Gasteiger charge is 2.17. The van der Waals surface area contributed by atoms with Crippen LogP contribution in [0.5, 0.6) is 0 Å². The van der Waals surface area contributed by atoms with Crippen LogP contribution in [-0.4, -0.2) is 27.1 Å². The Morgan fingerprint density at radius 1 is 1.16 bits per heavy atom. The van der Waals surface area contributed by atoms with Crippen LogP contribution in [0.3, 0.4) is 0 Å². The van der Waals surface area contributed by atoms with E-state index in [1.165, 1.54) is 22.5 Å². The average molecular weight is 364 g/mol. The molecule has 0 aromatic heterocycles. The Morgan fingerprint density at radius 2 is 1.84 bits per heavy atom. The van der Waals surface area contributed by atoms with Gasteiger partial charge in [-0.25, -0.2) is 12.8 Å². The summed E-state index contributed by atoms with van der Waals surface area (Å²) in [6.07, 6.45) is 1.62. The van der Waals surface area contributed by atoms with Crippen molar-refractivity contribution in [2.45, 2.75) is 19.8 Å². The van der Waals surface area contributed by atoms with Crippen molar-refractivity contribution in [2.24, 2.45) is 0 Å². The van der Waals surface area contributed by atoms with Gasteiger partial charge in [0.15, 0.2) is 0 Å². The van der Waals surface area contributed by atoms with Crippen LogP contribution >= 0.6 is 0 Å². The van der Waals surface area contributed by atoms with Crippen molar-refractivity contribution in [3.63, 3.8) is 0 Å². The summed E-state index contributed by atoms with van der Waals surface area (Å²) in [7, 11) is -3.44. The Hall–Kier alpha value is -2.41. The van der Waals surface area contributed by atoms with Crippen molar-refractivity contribution >= 4 is 27.3 Å². The van der Waals surface area contributed by atoms with E-state index >= 15 is 0 Å². The van der Waals surface area contributed by atoms with E-state index in [1.54, 1.807) is 18.2 Å². The summed E-state index contributed by atoms with van der Waals surface area (Å²) in [5.41, 5.74) is 1.98. The molecule has 0 atom stereocenters. The third-order valence-electron chi connectivity index (χ3n) is 3.60. The van der Waals surface area contributed by atoms with Crippen LogP contribution in [-0.2, 0) is 14.8 Å². The first-order chi connectivity index (χ1) is 11.8. The monoisotopic (exact) mass is 364 g/mol. The molecule has 7 heteroatoms. The van der Waals surface area contributed by atoms with Crippen LogP contribution in [0.2, 0.25) is 0 Å². The fourth-order valence-electron chi connectivity index (χ4n) is 2.37. The van der Waals surface area contributed by atoms with Crippen molar-refractivity contribution in [1.29, 1.82) is 0 Å². The molecular formula is C18H21FN2O3S. The quantitative estimate of drug-likeness (QED) is 0.820. The molecule has 0 unspecified atom stereocenters. The van der Waals surface area contributed by atoms with Crippen molar-refractivity contribution in [2.75, 3.05) is 22.4 Å². The van der Waals surface area contributed by atoms with E-state index in [2.05, 4.69) is 5.32 Å². The molecule has 2 rings (SSSR count). The van der Waals surface area contributed by atoms with Gasteiger partial charge in [-0.1, -0.05) is 23.8 Å². The molecule has 0 fully saturated rings. The van der Waals surface area contributed by atoms with Crippen molar-refractivity contribution < 1.29 is 17.6 Å². The molecule has 25 heavy (non-hydrogen) atoms. The van der Waals surface area contributed by atoms with Gasteiger partial charge in [0.05, 0.1) is 11.9 Å². The lowest BCUT2D eigenvalue weighted by Crippen LogP contribution is -2.31. The zero-order valence-corrected chi connectivity index (χ0v) is 15.0. The van der Waals surface area contributed by atoms with Gasteiger partial charge < -0.3 is 5.32 Å². The minimum Gasteiger partial charge on any atom is -0.326 e. The van der Waals surface area contributed by atoms with Crippen LogP contribution in [0.15, 0.2) is 48.5 Å². The van der Waals surface area contributed by atoms with Gasteiger partial charge in [0.2, 0.25) is 15.9 Å². The molecule has 0 saturated heterocycles. The molecule has 0 aliphatic carbocycles. The molecule has 134 valence electrons. The number of rotatable bonds is 7. The summed E-state index contributed by atoms with van der Waals surface area (Å²) in [4.78, 5) is 11.9. The van der Waals surface area contributed by atoms with Gasteiger partial charge in [-0.2, -0.15) is 0 Å². The number of halogens is 1. The lowest BCUT2D eigenvalue weighted by Gasteiger charge is -2.22. The van der Waals surface area contributed by atoms with Crippen LogP contribution in [0, 0.1) is 12.7 Å². The fourth-order valence-corrected chi connectivity index (χ4v) is 3.34. The Kier molecular flexibility index (Phi) is 6.14. The number of sulfonamides is 1. The normalized spacial score (nSPS) is 11.2. The van der Waals surface area contributed by atoms with Gasteiger partial charge in [-0.15, -0.1) is 0 Å². The van der Waals surface area contributed by atoms with Crippen LogP contribution < -0.4 is 9.62 Å². The largest absolute Gasteiger partial charge is 0.326 e. The van der Waals surface area contributed by atoms with E-state index in [1.807, 2.05) is 19.1 Å². The zero-order chi connectivity index (χ0) is 18.4. The van der Waals surface area contributed by atoms with Gasteiger partial charge in [-0.3, -0.25) is 9.10 Å². The third kappa shape index (κ3) is 5.86. The number of benzene rings is 2. The molecule has 1 amide bonds. The predicted octanol–water partition coefficient (Wildman–Crippen LogP) is 3.32. The van der Waals surface area contributed by atoms with Crippen molar-refractivity contribution in [1.82, 2.24) is 0 Å². The highest BCUT2D eigenvalue weighted by molar-refractivity contribution is 7.92. The Labute approximate surface area is 147 Å². The van der Waals surface area contributed by atoms with Crippen molar-refractivity contribution in [3.8, 4) is 0 Å². The molecule has 0 radical (unpaired) electrons. The second-order valence-corrected chi connectivity index (χ2v) is 7.74. The SMILES string of the molecule is Cc1ccc(N(CCCC(=O)Nc2cccc(F)c2)S(C)(=O)=O)cc1. The maximum atomic E-state index is 13.1. The standard InChI is InChI=1S/C18H21FN2O3S/c1-14-8-10-17(11-9-14)21(25(2,23)24)12-4-7-18(22)20-16-6-3-5-15(19)13-16/h3,5-6,8-11,13H,4,7,12H2,1-2H3,(H,20,22). The first-order valence-corrected chi connectivity index (χ1v) is 9.70. The maximum absolute atomic E-state index is 13.1. The number of hydrogen-bond acceptors (Lipinski definition) is 3. The van der Waals surface area contributed by atoms with Gasteiger partial charge in [0, 0.05) is 18.7 Å². The van der Waals surface area contributed by atoms with Gasteiger partial charge in [0.25, 0.3) is 0 Å². The van der Waals surface area contributed by atoms with E-state index in [9.17, 15) is 17.6 Å². The van der Waals surface area contributed by atoms with E-state index < -0.39 is 15.8 Å². The third-order valence-corrected chi connectivity index (χ3v) is 4.79.